The molecule has 0 saturated heterocycles. The van der Waals surface area contributed by atoms with Crippen LogP contribution >= 0.6 is 0 Å². The molecule has 0 fully saturated rings. The topological polar surface area (TPSA) is 17.8 Å². The second-order valence-corrected chi connectivity index (χ2v) is 10.8. The van der Waals surface area contributed by atoms with Gasteiger partial charge in [0.2, 0.25) is 0 Å². The van der Waals surface area contributed by atoms with Crippen LogP contribution in [0.1, 0.15) is 0 Å². The van der Waals surface area contributed by atoms with E-state index in [4.69, 9.17) is 4.98 Å². The van der Waals surface area contributed by atoms with Gasteiger partial charge in [0.1, 0.15) is 0 Å². The molecule has 2 heterocycles. The molecular weight excluding hydrogens is 496 g/mol. The number of aromatic nitrogens is 2. The number of fused-ring (bicyclic) bond motifs is 12. The van der Waals surface area contributed by atoms with Gasteiger partial charge in [-0.3, -0.25) is 4.98 Å². The summed E-state index contributed by atoms with van der Waals surface area (Å²) in [5.41, 5.74) is 14.5. The molecule has 2 nitrogen and oxygen atoms in total. The van der Waals surface area contributed by atoms with E-state index in [1.165, 1.54) is 66.3 Å². The number of para-hydroxylation sites is 2. The fourth-order valence-corrected chi connectivity index (χ4v) is 6.80. The van der Waals surface area contributed by atoms with Crippen LogP contribution in [0.4, 0.5) is 0 Å². The van der Waals surface area contributed by atoms with Crippen molar-refractivity contribution in [1.82, 2.24) is 9.55 Å². The average molecular weight is 521 g/mol. The maximum absolute atomic E-state index is 4.74. The molecule has 0 spiro atoms. The van der Waals surface area contributed by atoms with E-state index in [9.17, 15) is 0 Å². The average Bonchev–Trinajstić information content (AvgIpc) is 3.38. The molecule has 0 bridgehead atoms. The van der Waals surface area contributed by atoms with Crippen LogP contribution in [0.5, 0.6) is 0 Å². The molecule has 0 radical (unpaired) electrons. The molecule has 9 rings (SSSR count). The van der Waals surface area contributed by atoms with Gasteiger partial charge in [0.15, 0.2) is 0 Å². The zero-order valence-electron chi connectivity index (χ0n) is 22.3. The first-order valence-electron chi connectivity index (χ1n) is 14.1. The number of rotatable bonds is 1. The van der Waals surface area contributed by atoms with Gasteiger partial charge < -0.3 is 4.57 Å². The van der Waals surface area contributed by atoms with E-state index in [1.54, 1.807) is 0 Å². The van der Waals surface area contributed by atoms with Crippen LogP contribution in [0.3, 0.4) is 0 Å². The third kappa shape index (κ3) is 3.22. The smallest absolute Gasteiger partial charge is 0.0708 e. The predicted octanol–water partition coefficient (Wildman–Crippen LogP) is 10.3. The molecule has 6 aromatic carbocycles. The Hall–Kier alpha value is -5.47. The van der Waals surface area contributed by atoms with E-state index < -0.39 is 0 Å². The summed E-state index contributed by atoms with van der Waals surface area (Å²) in [5, 5.41) is 3.68. The van der Waals surface area contributed by atoms with Crippen molar-refractivity contribution in [3.05, 3.63) is 146 Å². The predicted molar refractivity (Wildman–Crippen MR) is 171 cm³/mol. The number of pyridine rings is 1. The quantitative estimate of drug-likeness (QED) is 0.210. The van der Waals surface area contributed by atoms with Gasteiger partial charge in [-0.1, -0.05) is 97.1 Å². The van der Waals surface area contributed by atoms with Crippen LogP contribution in [0.25, 0.3) is 82.9 Å². The largest absolute Gasteiger partial charge is 0.309 e. The number of benzene rings is 6. The van der Waals surface area contributed by atoms with Crippen molar-refractivity contribution in [3.63, 3.8) is 0 Å². The van der Waals surface area contributed by atoms with E-state index in [0.29, 0.717) is 0 Å². The normalized spacial score (nSPS) is 11.9. The minimum atomic E-state index is 1.01. The van der Waals surface area contributed by atoms with Crippen molar-refractivity contribution >= 4 is 32.7 Å². The van der Waals surface area contributed by atoms with Crippen LogP contribution in [0.15, 0.2) is 146 Å². The fourth-order valence-electron chi connectivity index (χ4n) is 6.80. The van der Waals surface area contributed by atoms with Gasteiger partial charge in [0.25, 0.3) is 0 Å². The Kier molecular flexibility index (Phi) is 4.64. The maximum Gasteiger partial charge on any atom is 0.0708 e. The van der Waals surface area contributed by atoms with Crippen LogP contribution in [-0.2, 0) is 0 Å². The summed E-state index contributed by atoms with van der Waals surface area (Å²) >= 11 is 0. The molecule has 0 atom stereocenters. The van der Waals surface area contributed by atoms with Gasteiger partial charge in [0.05, 0.1) is 16.6 Å². The van der Waals surface area contributed by atoms with Gasteiger partial charge in [-0.05, 0) is 87.0 Å². The highest BCUT2D eigenvalue weighted by Crippen LogP contribution is 2.49. The van der Waals surface area contributed by atoms with E-state index in [2.05, 4.69) is 138 Å². The third-order valence-corrected chi connectivity index (χ3v) is 8.60. The van der Waals surface area contributed by atoms with Gasteiger partial charge >= 0.3 is 0 Å². The lowest BCUT2D eigenvalue weighted by Gasteiger charge is -2.24. The second kappa shape index (κ2) is 8.51. The van der Waals surface area contributed by atoms with Gasteiger partial charge in [0, 0.05) is 28.0 Å². The Morgan fingerprint density at radius 2 is 0.902 bits per heavy atom. The highest BCUT2D eigenvalue weighted by molar-refractivity contribution is 6.10. The van der Waals surface area contributed by atoms with Crippen molar-refractivity contribution in [2.45, 2.75) is 0 Å². The Bertz CT molecular complexity index is 2270. The molecule has 0 saturated carbocycles. The lowest BCUT2D eigenvalue weighted by Crippen LogP contribution is -2.00. The summed E-state index contributed by atoms with van der Waals surface area (Å²) < 4.78 is 2.41. The summed E-state index contributed by atoms with van der Waals surface area (Å²) in [6.45, 7) is 0. The molecule has 0 unspecified atom stereocenters. The SMILES string of the molecule is c1ccc2c(c1)-c1ccccc1-c1cc3ncccc3cc1-c1cc(-n3c4ccccc4c4ccccc43)ccc1-2. The first-order chi connectivity index (χ1) is 20.3. The Labute approximate surface area is 237 Å². The van der Waals surface area contributed by atoms with Crippen molar-refractivity contribution in [1.29, 1.82) is 0 Å². The maximum atomic E-state index is 4.74. The molecule has 2 aromatic heterocycles. The Balaban J connectivity index is 1.43. The molecule has 0 N–H and O–H groups in total. The first-order valence-corrected chi connectivity index (χ1v) is 14.1. The molecule has 2 heteroatoms. The van der Waals surface area contributed by atoms with E-state index in [1.807, 2.05) is 12.3 Å². The lowest BCUT2D eigenvalue weighted by atomic mass is 9.80. The minimum absolute atomic E-state index is 1.01. The van der Waals surface area contributed by atoms with Gasteiger partial charge in [-0.15, -0.1) is 0 Å². The van der Waals surface area contributed by atoms with Crippen LogP contribution < -0.4 is 0 Å². The monoisotopic (exact) mass is 520 g/mol. The lowest BCUT2D eigenvalue weighted by molar-refractivity contribution is 1.18. The van der Waals surface area contributed by atoms with E-state index >= 15 is 0 Å². The highest BCUT2D eigenvalue weighted by atomic mass is 15.0. The van der Waals surface area contributed by atoms with Crippen molar-refractivity contribution in [2.24, 2.45) is 0 Å². The number of hydrogen-bond acceptors (Lipinski definition) is 1. The minimum Gasteiger partial charge on any atom is -0.309 e. The summed E-state index contributed by atoms with van der Waals surface area (Å²) in [4.78, 5) is 4.74. The Morgan fingerprint density at radius 3 is 1.56 bits per heavy atom. The summed E-state index contributed by atoms with van der Waals surface area (Å²) in [7, 11) is 0. The first kappa shape index (κ1) is 22.4. The second-order valence-electron chi connectivity index (χ2n) is 10.8. The zero-order valence-corrected chi connectivity index (χ0v) is 22.3. The summed E-state index contributed by atoms with van der Waals surface area (Å²) in [6.07, 6.45) is 1.88. The standard InChI is InChI=1S/C39H24N2/c1-2-13-29-27(11-1)28-12-3-4-14-30(28)36-24-37-25(10-9-21-40-37)22-34(36)35-23-26(19-20-31(29)35)41-38-17-7-5-15-32(38)33-16-6-8-18-39(33)41/h1-24H. The third-order valence-electron chi connectivity index (χ3n) is 8.60. The molecule has 190 valence electrons. The van der Waals surface area contributed by atoms with Crippen molar-refractivity contribution in [2.75, 3.05) is 0 Å². The summed E-state index contributed by atoms with van der Waals surface area (Å²) in [6, 6.07) is 50.8. The van der Waals surface area contributed by atoms with E-state index in [0.717, 1.165) is 16.6 Å². The van der Waals surface area contributed by atoms with Crippen LogP contribution in [0.2, 0.25) is 0 Å². The Morgan fingerprint density at radius 1 is 0.390 bits per heavy atom. The van der Waals surface area contributed by atoms with Gasteiger partial charge in [-0.2, -0.15) is 0 Å². The zero-order chi connectivity index (χ0) is 26.9. The highest BCUT2D eigenvalue weighted by Gasteiger charge is 2.23. The molecule has 41 heavy (non-hydrogen) atoms. The molecule has 1 aliphatic carbocycles. The molecule has 8 aromatic rings. The number of hydrogen-bond donors (Lipinski definition) is 0. The molecule has 0 amide bonds. The van der Waals surface area contributed by atoms with Crippen molar-refractivity contribution < 1.29 is 0 Å². The number of nitrogens with zero attached hydrogens (tertiary/aromatic N) is 2. The fraction of sp³-hybridized carbons (Fsp3) is 0. The molecule has 1 aliphatic rings. The van der Waals surface area contributed by atoms with Crippen molar-refractivity contribution in [3.8, 4) is 50.2 Å². The van der Waals surface area contributed by atoms with E-state index in [-0.39, 0.29) is 0 Å². The molecular formula is C39H24N2. The van der Waals surface area contributed by atoms with Crippen LogP contribution in [-0.4, -0.2) is 9.55 Å². The van der Waals surface area contributed by atoms with Gasteiger partial charge in [-0.25, -0.2) is 0 Å². The molecule has 0 aliphatic heterocycles. The van der Waals surface area contributed by atoms with Crippen LogP contribution in [0, 0.1) is 0 Å². The summed E-state index contributed by atoms with van der Waals surface area (Å²) in [5.74, 6) is 0.